The fourth-order valence-corrected chi connectivity index (χ4v) is 0.598. The average Bonchev–Trinajstić information content (AvgIpc) is 1.86. The largest absolute Gasteiger partial charge is 0.465 e. The highest BCUT2D eigenvalue weighted by molar-refractivity contribution is 5.95. The highest BCUT2D eigenvalue weighted by Gasteiger charge is 2.02. The fourth-order valence-electron chi connectivity index (χ4n) is 0.598. The summed E-state index contributed by atoms with van der Waals surface area (Å²) in [6.45, 7) is 4.12. The Kier molecular flexibility index (Phi) is 5.43. The first-order chi connectivity index (χ1) is 5.16. The van der Waals surface area contributed by atoms with Crippen LogP contribution in [0.25, 0.3) is 0 Å². The van der Waals surface area contributed by atoms with Crippen LogP contribution < -0.4 is 0 Å². The number of nitrogens with one attached hydrogen (secondary N) is 1. The molecular formula is C8H15NO2. The molecule has 0 aromatic rings. The monoisotopic (exact) mass is 157 g/mol. The Labute approximate surface area is 67.3 Å². The SMILES string of the molecule is CCCCOC(=O)CC(C)=N. The van der Waals surface area contributed by atoms with Crippen LogP contribution >= 0.6 is 0 Å². The number of hydrogen-bond donors (Lipinski definition) is 1. The van der Waals surface area contributed by atoms with Crippen molar-refractivity contribution in [1.29, 1.82) is 5.41 Å². The van der Waals surface area contributed by atoms with Crippen molar-refractivity contribution in [3.63, 3.8) is 0 Å². The van der Waals surface area contributed by atoms with E-state index in [-0.39, 0.29) is 12.4 Å². The summed E-state index contributed by atoms with van der Waals surface area (Å²) >= 11 is 0. The van der Waals surface area contributed by atoms with Gasteiger partial charge in [-0.15, -0.1) is 0 Å². The second kappa shape index (κ2) is 5.89. The molecule has 1 N–H and O–H groups in total. The maximum absolute atomic E-state index is 10.8. The van der Waals surface area contributed by atoms with Gasteiger partial charge in [0.15, 0.2) is 0 Å². The molecule has 0 aliphatic heterocycles. The molecular weight excluding hydrogens is 142 g/mol. The van der Waals surface area contributed by atoms with Gasteiger partial charge < -0.3 is 10.1 Å². The first-order valence-electron chi connectivity index (χ1n) is 3.86. The van der Waals surface area contributed by atoms with Crippen molar-refractivity contribution in [3.05, 3.63) is 0 Å². The number of ether oxygens (including phenoxy) is 1. The zero-order valence-corrected chi connectivity index (χ0v) is 7.14. The number of unbranched alkanes of at least 4 members (excludes halogenated alkanes) is 1. The lowest BCUT2D eigenvalue weighted by atomic mass is 10.3. The molecule has 3 heteroatoms. The Bertz CT molecular complexity index is 143. The lowest BCUT2D eigenvalue weighted by Gasteiger charge is -2.01. The molecule has 3 nitrogen and oxygen atoms in total. The van der Waals surface area contributed by atoms with E-state index >= 15 is 0 Å². The van der Waals surface area contributed by atoms with E-state index < -0.39 is 0 Å². The summed E-state index contributed by atoms with van der Waals surface area (Å²) in [5.74, 6) is -0.286. The minimum Gasteiger partial charge on any atom is -0.465 e. The van der Waals surface area contributed by atoms with Crippen molar-refractivity contribution in [1.82, 2.24) is 0 Å². The first kappa shape index (κ1) is 10.1. The van der Waals surface area contributed by atoms with Gasteiger partial charge in [-0.25, -0.2) is 0 Å². The second-order valence-corrected chi connectivity index (χ2v) is 2.53. The van der Waals surface area contributed by atoms with Gasteiger partial charge in [-0.2, -0.15) is 0 Å². The van der Waals surface area contributed by atoms with E-state index in [2.05, 4.69) is 0 Å². The fraction of sp³-hybridized carbons (Fsp3) is 0.750. The topological polar surface area (TPSA) is 50.2 Å². The highest BCUT2D eigenvalue weighted by Crippen LogP contribution is 1.92. The molecule has 0 aromatic heterocycles. The lowest BCUT2D eigenvalue weighted by Crippen LogP contribution is -2.09. The molecule has 0 spiro atoms. The second-order valence-electron chi connectivity index (χ2n) is 2.53. The van der Waals surface area contributed by atoms with E-state index in [1.165, 1.54) is 0 Å². The Morgan fingerprint density at radius 3 is 2.64 bits per heavy atom. The van der Waals surface area contributed by atoms with Gasteiger partial charge >= 0.3 is 5.97 Å². The zero-order valence-electron chi connectivity index (χ0n) is 7.14. The Morgan fingerprint density at radius 2 is 2.18 bits per heavy atom. The first-order valence-corrected chi connectivity index (χ1v) is 3.86. The molecule has 0 heterocycles. The minimum atomic E-state index is -0.286. The molecule has 11 heavy (non-hydrogen) atoms. The van der Waals surface area contributed by atoms with E-state index in [1.54, 1.807) is 6.92 Å². The van der Waals surface area contributed by atoms with Crippen LogP contribution in [0.4, 0.5) is 0 Å². The van der Waals surface area contributed by atoms with E-state index in [0.29, 0.717) is 12.3 Å². The van der Waals surface area contributed by atoms with Crippen LogP contribution in [0.2, 0.25) is 0 Å². The minimum absolute atomic E-state index is 0.129. The molecule has 0 amide bonds. The Balaban J connectivity index is 3.30. The number of esters is 1. The molecule has 0 radical (unpaired) electrons. The molecule has 64 valence electrons. The maximum Gasteiger partial charge on any atom is 0.311 e. The van der Waals surface area contributed by atoms with E-state index in [9.17, 15) is 4.79 Å². The lowest BCUT2D eigenvalue weighted by molar-refractivity contribution is -0.142. The molecule has 0 unspecified atom stereocenters. The van der Waals surface area contributed by atoms with E-state index in [4.69, 9.17) is 10.1 Å². The number of hydrogen-bond acceptors (Lipinski definition) is 3. The summed E-state index contributed by atoms with van der Waals surface area (Å²) in [6.07, 6.45) is 2.06. The molecule has 0 saturated heterocycles. The molecule has 0 bridgehead atoms. The number of carbonyl (C=O) groups excluding carboxylic acids is 1. The number of rotatable bonds is 5. The summed E-state index contributed by atoms with van der Waals surface area (Å²) in [7, 11) is 0. The maximum atomic E-state index is 10.8. The third kappa shape index (κ3) is 7.03. The van der Waals surface area contributed by atoms with Crippen molar-refractivity contribution in [2.75, 3.05) is 6.61 Å². The third-order valence-electron chi connectivity index (χ3n) is 1.17. The standard InChI is InChI=1S/C8H15NO2/c1-3-4-5-11-8(10)6-7(2)9/h9H,3-6H2,1-2H3. The summed E-state index contributed by atoms with van der Waals surface area (Å²) < 4.78 is 4.81. The molecule has 0 rings (SSSR count). The molecule has 0 aliphatic carbocycles. The van der Waals surface area contributed by atoms with E-state index in [1.807, 2.05) is 6.92 Å². The highest BCUT2D eigenvalue weighted by atomic mass is 16.5. The molecule has 0 aliphatic rings. The van der Waals surface area contributed by atoms with Crippen LogP contribution in [0.15, 0.2) is 0 Å². The summed E-state index contributed by atoms with van der Waals surface area (Å²) in [6, 6.07) is 0. The third-order valence-corrected chi connectivity index (χ3v) is 1.17. The van der Waals surface area contributed by atoms with Gasteiger partial charge in [0.25, 0.3) is 0 Å². The molecule has 0 saturated carbocycles. The van der Waals surface area contributed by atoms with E-state index in [0.717, 1.165) is 12.8 Å². The zero-order chi connectivity index (χ0) is 8.69. The quantitative estimate of drug-likeness (QED) is 0.375. The van der Waals surface area contributed by atoms with Crippen molar-refractivity contribution in [2.24, 2.45) is 0 Å². The van der Waals surface area contributed by atoms with Crippen molar-refractivity contribution in [3.8, 4) is 0 Å². The summed E-state index contributed by atoms with van der Waals surface area (Å²) in [5.41, 5.74) is 0.353. The van der Waals surface area contributed by atoms with Gasteiger partial charge in [-0.1, -0.05) is 13.3 Å². The van der Waals surface area contributed by atoms with Gasteiger partial charge in [0.05, 0.1) is 13.0 Å². The van der Waals surface area contributed by atoms with Crippen LogP contribution in [0, 0.1) is 5.41 Å². The summed E-state index contributed by atoms with van der Waals surface area (Å²) in [4.78, 5) is 10.8. The summed E-state index contributed by atoms with van der Waals surface area (Å²) in [5, 5.41) is 7.00. The van der Waals surface area contributed by atoms with Crippen LogP contribution in [0.1, 0.15) is 33.1 Å². The van der Waals surface area contributed by atoms with Gasteiger partial charge in [-0.05, 0) is 13.3 Å². The normalized spacial score (nSPS) is 9.27. The average molecular weight is 157 g/mol. The smallest absolute Gasteiger partial charge is 0.311 e. The van der Waals surface area contributed by atoms with Gasteiger partial charge in [0, 0.05) is 5.71 Å². The Morgan fingerprint density at radius 1 is 1.55 bits per heavy atom. The van der Waals surface area contributed by atoms with Crippen molar-refractivity contribution in [2.45, 2.75) is 33.1 Å². The van der Waals surface area contributed by atoms with Gasteiger partial charge in [0.1, 0.15) is 0 Å². The van der Waals surface area contributed by atoms with Crippen molar-refractivity contribution < 1.29 is 9.53 Å². The molecule has 0 atom stereocenters. The van der Waals surface area contributed by atoms with Crippen LogP contribution in [-0.4, -0.2) is 18.3 Å². The predicted molar refractivity (Wildman–Crippen MR) is 43.9 cm³/mol. The van der Waals surface area contributed by atoms with Crippen molar-refractivity contribution >= 4 is 11.7 Å². The van der Waals surface area contributed by atoms with Crippen LogP contribution in [-0.2, 0) is 9.53 Å². The van der Waals surface area contributed by atoms with Crippen LogP contribution in [0.5, 0.6) is 0 Å². The Hall–Kier alpha value is -0.860. The van der Waals surface area contributed by atoms with Gasteiger partial charge in [-0.3, -0.25) is 4.79 Å². The van der Waals surface area contributed by atoms with Gasteiger partial charge in [0.2, 0.25) is 0 Å². The molecule has 0 aromatic carbocycles. The van der Waals surface area contributed by atoms with Crippen LogP contribution in [0.3, 0.4) is 0 Å². The molecule has 0 fully saturated rings. The predicted octanol–water partition coefficient (Wildman–Crippen LogP) is 1.76. The number of carbonyl (C=O) groups is 1.